The molecule has 5 nitrogen and oxygen atoms in total. The first-order chi connectivity index (χ1) is 12.8. The minimum Gasteiger partial charge on any atom is -0.378 e. The molecule has 3 aromatic rings. The number of fused-ring (bicyclic) bond motifs is 1. The van der Waals surface area contributed by atoms with Crippen molar-refractivity contribution in [1.82, 2.24) is 14.9 Å². The van der Waals surface area contributed by atoms with Crippen molar-refractivity contribution < 1.29 is 9.53 Å². The van der Waals surface area contributed by atoms with Gasteiger partial charge in [0.25, 0.3) is 0 Å². The Morgan fingerprint density at radius 2 is 1.73 bits per heavy atom. The summed E-state index contributed by atoms with van der Waals surface area (Å²) in [6.45, 7) is 2.45. The van der Waals surface area contributed by atoms with Crippen LogP contribution in [-0.4, -0.2) is 47.1 Å². The second kappa shape index (κ2) is 7.85. The van der Waals surface area contributed by atoms with Gasteiger partial charge in [-0.3, -0.25) is 4.79 Å². The minimum atomic E-state index is -0.340. The molecule has 0 unspecified atom stereocenters. The van der Waals surface area contributed by atoms with E-state index < -0.39 is 0 Å². The molecule has 0 aliphatic carbocycles. The molecule has 1 saturated heterocycles. The lowest BCUT2D eigenvalue weighted by atomic mass is 10.1. The highest BCUT2D eigenvalue weighted by molar-refractivity contribution is 8.00. The zero-order valence-electron chi connectivity index (χ0n) is 14.2. The van der Waals surface area contributed by atoms with Crippen LogP contribution in [0.2, 0.25) is 0 Å². The number of benzene rings is 2. The van der Waals surface area contributed by atoms with Crippen molar-refractivity contribution in [3.8, 4) is 0 Å². The Hall–Kier alpha value is -2.44. The Labute approximate surface area is 156 Å². The second-order valence-corrected chi connectivity index (χ2v) is 7.14. The second-order valence-electron chi connectivity index (χ2n) is 6.04. The van der Waals surface area contributed by atoms with Crippen molar-refractivity contribution in [2.45, 2.75) is 10.3 Å². The first-order valence-corrected chi connectivity index (χ1v) is 9.49. The van der Waals surface area contributed by atoms with Crippen LogP contribution in [0.3, 0.4) is 0 Å². The van der Waals surface area contributed by atoms with Crippen LogP contribution >= 0.6 is 11.8 Å². The third-order valence-electron chi connectivity index (χ3n) is 4.39. The van der Waals surface area contributed by atoms with Gasteiger partial charge in [0.15, 0.2) is 0 Å². The van der Waals surface area contributed by atoms with E-state index in [1.807, 2.05) is 59.5 Å². The third-order valence-corrected chi connectivity index (χ3v) is 5.64. The molecular formula is C20H19N3O2S. The number of aromatic nitrogens is 2. The summed E-state index contributed by atoms with van der Waals surface area (Å²) in [6.07, 6.45) is 1.56. The fourth-order valence-corrected chi connectivity index (χ4v) is 4.20. The molecule has 2 aromatic carbocycles. The number of rotatable bonds is 4. The van der Waals surface area contributed by atoms with Crippen molar-refractivity contribution in [1.29, 1.82) is 0 Å². The maximum atomic E-state index is 13.2. The molecular weight excluding hydrogens is 346 g/mol. The smallest absolute Gasteiger partial charge is 0.240 e. The van der Waals surface area contributed by atoms with E-state index >= 15 is 0 Å². The Kier molecular flexibility index (Phi) is 5.13. The molecule has 4 rings (SSSR count). The van der Waals surface area contributed by atoms with E-state index in [1.165, 1.54) is 11.8 Å². The summed E-state index contributed by atoms with van der Waals surface area (Å²) in [5.74, 6) is 0.104. The first kappa shape index (κ1) is 17.0. The van der Waals surface area contributed by atoms with Gasteiger partial charge in [-0.15, -0.1) is 0 Å². The standard InChI is InChI=1S/C20H19N3O2S/c24-20(23-10-12-25-13-11-23)18(15-6-2-1-3-7-15)26-19-16-8-4-5-9-17(16)21-14-22-19/h1-9,14,18H,10-13H2/t18-/m0/s1. The maximum absolute atomic E-state index is 13.2. The monoisotopic (exact) mass is 365 g/mol. The van der Waals surface area contributed by atoms with Crippen molar-refractivity contribution in [2.24, 2.45) is 0 Å². The number of carbonyl (C=O) groups excluding carboxylic acids is 1. The zero-order chi connectivity index (χ0) is 17.8. The highest BCUT2D eigenvalue weighted by atomic mass is 32.2. The van der Waals surface area contributed by atoms with Gasteiger partial charge < -0.3 is 9.64 Å². The quantitative estimate of drug-likeness (QED) is 0.524. The summed E-state index contributed by atoms with van der Waals surface area (Å²) in [5.41, 5.74) is 1.87. The van der Waals surface area contributed by atoms with E-state index in [0.717, 1.165) is 21.5 Å². The summed E-state index contributed by atoms with van der Waals surface area (Å²) in [6, 6.07) is 17.8. The molecule has 1 atom stereocenters. The fraction of sp³-hybridized carbons (Fsp3) is 0.250. The molecule has 0 N–H and O–H groups in total. The van der Waals surface area contributed by atoms with Crippen molar-refractivity contribution in [3.63, 3.8) is 0 Å². The van der Waals surface area contributed by atoms with E-state index in [2.05, 4.69) is 9.97 Å². The number of nitrogens with zero attached hydrogens (tertiary/aromatic N) is 3. The minimum absolute atomic E-state index is 0.104. The van der Waals surface area contributed by atoms with Crippen LogP contribution in [-0.2, 0) is 9.53 Å². The lowest BCUT2D eigenvalue weighted by Crippen LogP contribution is -2.42. The Balaban J connectivity index is 1.69. The molecule has 1 amide bonds. The number of hydrogen-bond donors (Lipinski definition) is 0. The van der Waals surface area contributed by atoms with Crippen molar-refractivity contribution in [2.75, 3.05) is 26.3 Å². The van der Waals surface area contributed by atoms with Crippen molar-refractivity contribution >= 4 is 28.6 Å². The Bertz CT molecular complexity index is 892. The molecule has 0 bridgehead atoms. The number of para-hydroxylation sites is 1. The highest BCUT2D eigenvalue weighted by Gasteiger charge is 2.29. The summed E-state index contributed by atoms with van der Waals surface area (Å²) in [5, 5.41) is 1.45. The number of morpholine rings is 1. The molecule has 1 aliphatic heterocycles. The van der Waals surface area contributed by atoms with E-state index in [1.54, 1.807) is 6.33 Å². The van der Waals surface area contributed by atoms with Crippen LogP contribution < -0.4 is 0 Å². The fourth-order valence-electron chi connectivity index (χ4n) is 3.02. The van der Waals surface area contributed by atoms with Gasteiger partial charge in [-0.05, 0) is 11.6 Å². The number of ether oxygens (including phenoxy) is 1. The van der Waals surface area contributed by atoms with E-state index in [4.69, 9.17) is 4.74 Å². The molecule has 26 heavy (non-hydrogen) atoms. The normalized spacial score (nSPS) is 15.8. The van der Waals surface area contributed by atoms with Gasteiger partial charge in [0.1, 0.15) is 16.6 Å². The average Bonchev–Trinajstić information content (AvgIpc) is 2.73. The van der Waals surface area contributed by atoms with E-state index in [9.17, 15) is 4.79 Å². The van der Waals surface area contributed by atoms with Gasteiger partial charge in [0.2, 0.25) is 5.91 Å². The SMILES string of the molecule is O=C([C@@H](Sc1ncnc2ccccc12)c1ccccc1)N1CCOCC1. The van der Waals surface area contributed by atoms with Gasteiger partial charge in [-0.2, -0.15) is 0 Å². The number of thioether (sulfide) groups is 1. The summed E-state index contributed by atoms with van der Waals surface area (Å²) < 4.78 is 5.39. The zero-order valence-corrected chi connectivity index (χ0v) is 15.1. The van der Waals surface area contributed by atoms with Gasteiger partial charge in [-0.1, -0.05) is 60.3 Å². The maximum Gasteiger partial charge on any atom is 0.240 e. The third kappa shape index (κ3) is 3.57. The number of hydrogen-bond acceptors (Lipinski definition) is 5. The Morgan fingerprint density at radius 3 is 2.54 bits per heavy atom. The molecule has 1 fully saturated rings. The summed E-state index contributed by atoms with van der Waals surface area (Å²) in [7, 11) is 0. The largest absolute Gasteiger partial charge is 0.378 e. The van der Waals surface area contributed by atoms with Gasteiger partial charge in [-0.25, -0.2) is 9.97 Å². The molecule has 1 aromatic heterocycles. The Morgan fingerprint density at radius 1 is 1.00 bits per heavy atom. The lowest BCUT2D eigenvalue weighted by Gasteiger charge is -2.30. The van der Waals surface area contributed by atoms with Gasteiger partial charge in [0, 0.05) is 18.5 Å². The summed E-state index contributed by atoms with van der Waals surface area (Å²) >= 11 is 1.49. The summed E-state index contributed by atoms with van der Waals surface area (Å²) in [4.78, 5) is 23.9. The lowest BCUT2D eigenvalue weighted by molar-refractivity contribution is -0.134. The molecule has 0 radical (unpaired) electrons. The van der Waals surface area contributed by atoms with Crippen LogP contribution in [0.1, 0.15) is 10.8 Å². The van der Waals surface area contributed by atoms with Crippen LogP contribution in [0.15, 0.2) is 66.0 Å². The molecule has 0 spiro atoms. The van der Waals surface area contributed by atoms with Crippen LogP contribution in [0.4, 0.5) is 0 Å². The molecule has 0 saturated carbocycles. The molecule has 132 valence electrons. The van der Waals surface area contributed by atoms with Crippen LogP contribution in [0, 0.1) is 0 Å². The predicted molar refractivity (Wildman–Crippen MR) is 102 cm³/mol. The topological polar surface area (TPSA) is 55.3 Å². The van der Waals surface area contributed by atoms with Crippen LogP contribution in [0.25, 0.3) is 10.9 Å². The van der Waals surface area contributed by atoms with Crippen molar-refractivity contribution in [3.05, 3.63) is 66.5 Å². The van der Waals surface area contributed by atoms with E-state index in [-0.39, 0.29) is 11.2 Å². The average molecular weight is 365 g/mol. The predicted octanol–water partition coefficient (Wildman–Crippen LogP) is 3.32. The van der Waals surface area contributed by atoms with Gasteiger partial charge in [0.05, 0.1) is 18.7 Å². The molecule has 6 heteroatoms. The molecule has 2 heterocycles. The number of amides is 1. The highest BCUT2D eigenvalue weighted by Crippen LogP contribution is 2.38. The molecule has 1 aliphatic rings. The first-order valence-electron chi connectivity index (χ1n) is 8.61. The number of carbonyl (C=O) groups is 1. The van der Waals surface area contributed by atoms with Gasteiger partial charge >= 0.3 is 0 Å². The van der Waals surface area contributed by atoms with Crippen LogP contribution in [0.5, 0.6) is 0 Å². The van der Waals surface area contributed by atoms with E-state index in [0.29, 0.717) is 26.3 Å².